The van der Waals surface area contributed by atoms with Gasteiger partial charge in [-0.3, -0.25) is 9.59 Å². The number of hydrogen-bond donors (Lipinski definition) is 2. The molecule has 1 amide bonds. The Morgan fingerprint density at radius 3 is 2.58 bits per heavy atom. The number of carbonyl (C=O) groups excluding carboxylic acids is 2. The number of hydrogen-bond acceptors (Lipinski definition) is 4. The first-order valence-corrected chi connectivity index (χ1v) is 9.70. The third-order valence-electron chi connectivity index (χ3n) is 4.74. The molecule has 0 unspecified atom stereocenters. The first-order valence-electron chi connectivity index (χ1n) is 9.32. The van der Waals surface area contributed by atoms with E-state index < -0.39 is 0 Å². The molecule has 2 N–H and O–H groups in total. The zero-order chi connectivity index (χ0) is 19.1. The lowest BCUT2D eigenvalue weighted by Gasteiger charge is -2.26. The van der Waals surface area contributed by atoms with Crippen molar-refractivity contribution in [3.63, 3.8) is 0 Å². The van der Waals surface area contributed by atoms with Crippen LogP contribution in [0.2, 0.25) is 5.02 Å². The number of nitrogens with one attached hydrogen (secondary N) is 2. The number of ether oxygens (including phenoxy) is 1. The van der Waals surface area contributed by atoms with Crippen molar-refractivity contribution in [1.82, 2.24) is 10.6 Å². The van der Waals surface area contributed by atoms with E-state index in [1.807, 2.05) is 13.8 Å². The largest absolute Gasteiger partial charge is 0.489 e. The van der Waals surface area contributed by atoms with Crippen LogP contribution in [0.15, 0.2) is 18.2 Å². The van der Waals surface area contributed by atoms with Gasteiger partial charge in [-0.05, 0) is 70.3 Å². The lowest BCUT2D eigenvalue weighted by molar-refractivity contribution is -0.125. The molecule has 0 aliphatic carbocycles. The molecule has 1 saturated heterocycles. The van der Waals surface area contributed by atoms with E-state index in [2.05, 4.69) is 10.6 Å². The Morgan fingerprint density at radius 2 is 2.00 bits per heavy atom. The lowest BCUT2D eigenvalue weighted by atomic mass is 9.84. The Labute approximate surface area is 160 Å². The number of rotatable bonds is 8. The van der Waals surface area contributed by atoms with Gasteiger partial charge >= 0.3 is 0 Å². The van der Waals surface area contributed by atoms with Gasteiger partial charge in [0, 0.05) is 24.9 Å². The van der Waals surface area contributed by atoms with Crippen LogP contribution in [0, 0.1) is 11.8 Å². The lowest BCUT2D eigenvalue weighted by Crippen LogP contribution is -2.34. The van der Waals surface area contributed by atoms with E-state index in [1.165, 1.54) is 0 Å². The van der Waals surface area contributed by atoms with Gasteiger partial charge in [0.25, 0.3) is 0 Å². The Bertz CT molecular complexity index is 627. The Kier molecular flexibility index (Phi) is 7.91. The summed E-state index contributed by atoms with van der Waals surface area (Å²) in [4.78, 5) is 25.0. The normalized spacial score (nSPS) is 16.3. The highest BCUT2D eigenvalue weighted by Crippen LogP contribution is 2.29. The fraction of sp³-hybridized carbons (Fsp3) is 0.600. The molecule has 1 aromatic rings. The van der Waals surface area contributed by atoms with Crippen molar-refractivity contribution in [1.29, 1.82) is 0 Å². The molecule has 0 radical (unpaired) electrons. The highest BCUT2D eigenvalue weighted by Gasteiger charge is 2.26. The van der Waals surface area contributed by atoms with Gasteiger partial charge in [-0.15, -0.1) is 0 Å². The SMILES string of the molecule is CNC(=O)[C@@H](CC(=O)c1ccc(OC(C)C)c(Cl)c1)CC1CCNCC1. The molecule has 26 heavy (non-hydrogen) atoms. The Balaban J connectivity index is 2.05. The van der Waals surface area contributed by atoms with Crippen LogP contribution >= 0.6 is 11.6 Å². The molecule has 6 heteroatoms. The van der Waals surface area contributed by atoms with Crippen LogP contribution < -0.4 is 15.4 Å². The number of carbonyl (C=O) groups is 2. The van der Waals surface area contributed by atoms with E-state index in [0.717, 1.165) is 32.4 Å². The molecule has 0 bridgehead atoms. The molecule has 5 nitrogen and oxygen atoms in total. The number of halogens is 1. The molecule has 144 valence electrons. The summed E-state index contributed by atoms with van der Waals surface area (Å²) in [7, 11) is 1.62. The molecule has 1 aliphatic rings. The zero-order valence-corrected chi connectivity index (χ0v) is 16.6. The maximum atomic E-state index is 12.7. The summed E-state index contributed by atoms with van der Waals surface area (Å²) in [5, 5.41) is 6.45. The summed E-state index contributed by atoms with van der Waals surface area (Å²) in [6, 6.07) is 5.07. The van der Waals surface area contributed by atoms with Crippen LogP contribution in [0.25, 0.3) is 0 Å². The molecule has 0 spiro atoms. The predicted molar refractivity (Wildman–Crippen MR) is 104 cm³/mol. The molecule has 1 aromatic carbocycles. The van der Waals surface area contributed by atoms with Gasteiger partial charge in [-0.25, -0.2) is 0 Å². The first-order chi connectivity index (χ1) is 12.4. The first kappa shape index (κ1) is 20.7. The molecule has 1 aliphatic heterocycles. The van der Waals surface area contributed by atoms with Gasteiger partial charge < -0.3 is 15.4 Å². The van der Waals surface area contributed by atoms with E-state index in [4.69, 9.17) is 16.3 Å². The Hall–Kier alpha value is -1.59. The average Bonchev–Trinajstić information content (AvgIpc) is 2.62. The van der Waals surface area contributed by atoms with Gasteiger partial charge in [0.05, 0.1) is 11.1 Å². The molecule has 1 atom stereocenters. The topological polar surface area (TPSA) is 67.4 Å². The van der Waals surface area contributed by atoms with Crippen LogP contribution in [0.3, 0.4) is 0 Å². The van der Waals surface area contributed by atoms with Gasteiger partial charge in [0.1, 0.15) is 5.75 Å². The summed E-state index contributed by atoms with van der Waals surface area (Å²) >= 11 is 6.24. The van der Waals surface area contributed by atoms with Crippen LogP contribution in [0.5, 0.6) is 5.75 Å². The maximum absolute atomic E-state index is 12.7. The Morgan fingerprint density at radius 1 is 1.31 bits per heavy atom. The van der Waals surface area contributed by atoms with Crippen LogP contribution in [-0.4, -0.2) is 37.9 Å². The van der Waals surface area contributed by atoms with Crippen molar-refractivity contribution >= 4 is 23.3 Å². The van der Waals surface area contributed by atoms with Crippen molar-refractivity contribution in [2.75, 3.05) is 20.1 Å². The molecule has 2 rings (SSSR count). The van der Waals surface area contributed by atoms with Gasteiger partial charge in [-0.2, -0.15) is 0 Å². The third-order valence-corrected chi connectivity index (χ3v) is 5.04. The fourth-order valence-corrected chi connectivity index (χ4v) is 3.60. The van der Waals surface area contributed by atoms with Crippen molar-refractivity contribution in [2.45, 2.75) is 45.6 Å². The minimum absolute atomic E-state index is 0.0108. The number of piperidine rings is 1. The van der Waals surface area contributed by atoms with E-state index in [-0.39, 0.29) is 30.1 Å². The van der Waals surface area contributed by atoms with Crippen LogP contribution in [0.4, 0.5) is 0 Å². The highest BCUT2D eigenvalue weighted by molar-refractivity contribution is 6.32. The van der Waals surface area contributed by atoms with Gasteiger partial charge in [0.15, 0.2) is 5.78 Å². The van der Waals surface area contributed by atoms with Gasteiger partial charge in [-0.1, -0.05) is 11.6 Å². The van der Waals surface area contributed by atoms with Crippen molar-refractivity contribution < 1.29 is 14.3 Å². The minimum Gasteiger partial charge on any atom is -0.489 e. The average molecular weight is 381 g/mol. The van der Waals surface area contributed by atoms with Crippen molar-refractivity contribution in [3.05, 3.63) is 28.8 Å². The second kappa shape index (κ2) is 9.93. The van der Waals surface area contributed by atoms with E-state index in [0.29, 0.717) is 22.3 Å². The summed E-state index contributed by atoms with van der Waals surface area (Å²) in [6.07, 6.45) is 3.06. The third kappa shape index (κ3) is 5.99. The molecular formula is C20H29ClN2O3. The fourth-order valence-electron chi connectivity index (χ4n) is 3.37. The van der Waals surface area contributed by atoms with E-state index in [9.17, 15) is 9.59 Å². The van der Waals surface area contributed by atoms with E-state index in [1.54, 1.807) is 25.2 Å². The molecule has 0 saturated carbocycles. The summed E-state index contributed by atoms with van der Waals surface area (Å²) in [5.74, 6) is 0.613. The predicted octanol–water partition coefficient (Wildman–Crippen LogP) is 3.45. The number of amides is 1. The van der Waals surface area contributed by atoms with E-state index >= 15 is 0 Å². The summed E-state index contributed by atoms with van der Waals surface area (Å²) in [5.41, 5.74) is 0.519. The van der Waals surface area contributed by atoms with Crippen LogP contribution in [-0.2, 0) is 4.79 Å². The monoisotopic (exact) mass is 380 g/mol. The van der Waals surface area contributed by atoms with Crippen LogP contribution in [0.1, 0.15) is 49.9 Å². The maximum Gasteiger partial charge on any atom is 0.223 e. The van der Waals surface area contributed by atoms with Crippen molar-refractivity contribution in [2.24, 2.45) is 11.8 Å². The molecular weight excluding hydrogens is 352 g/mol. The summed E-state index contributed by atoms with van der Waals surface area (Å²) in [6.45, 7) is 5.80. The second-order valence-corrected chi connectivity index (χ2v) is 7.59. The quantitative estimate of drug-likeness (QED) is 0.678. The summed E-state index contributed by atoms with van der Waals surface area (Å²) < 4.78 is 5.60. The molecule has 1 fully saturated rings. The highest BCUT2D eigenvalue weighted by atomic mass is 35.5. The van der Waals surface area contributed by atoms with Gasteiger partial charge in [0.2, 0.25) is 5.91 Å². The molecule has 1 heterocycles. The number of ketones is 1. The second-order valence-electron chi connectivity index (χ2n) is 7.18. The number of Topliss-reactive ketones (excluding diaryl/α,β-unsaturated/α-hetero) is 1. The minimum atomic E-state index is -0.305. The smallest absolute Gasteiger partial charge is 0.223 e. The standard InChI is InChI=1S/C20H29ClN2O3/c1-13(2)26-19-5-4-15(11-17(19)21)18(24)12-16(20(25)22-3)10-14-6-8-23-9-7-14/h4-5,11,13-14,16,23H,6-10,12H2,1-3H3,(H,22,25)/t16-/m1/s1. The number of benzene rings is 1. The van der Waals surface area contributed by atoms with Crippen molar-refractivity contribution in [3.8, 4) is 5.75 Å². The molecule has 0 aromatic heterocycles. The zero-order valence-electron chi connectivity index (χ0n) is 15.8.